The molecule has 15 heavy (non-hydrogen) atoms. The second-order valence-corrected chi connectivity index (χ2v) is 3.15. The summed E-state index contributed by atoms with van der Waals surface area (Å²) in [6, 6.07) is 0. The lowest BCUT2D eigenvalue weighted by Crippen LogP contribution is -2.39. The van der Waals surface area contributed by atoms with Gasteiger partial charge in [-0.05, 0) is 6.42 Å². The zero-order valence-corrected chi connectivity index (χ0v) is 9.27. The van der Waals surface area contributed by atoms with Crippen LogP contribution < -0.4 is 5.73 Å². The molecule has 0 aliphatic rings. The quantitative estimate of drug-likeness (QED) is 0.272. The van der Waals surface area contributed by atoms with E-state index in [1.54, 1.807) is 12.0 Å². The van der Waals surface area contributed by atoms with Crippen molar-refractivity contribution < 1.29 is 14.7 Å². The molecule has 0 saturated carbocycles. The Bertz CT molecular complexity index is 219. The Morgan fingerprint density at radius 3 is 2.73 bits per heavy atom. The van der Waals surface area contributed by atoms with Crippen LogP contribution in [0, 0.1) is 0 Å². The molecule has 0 atom stereocenters. The highest BCUT2D eigenvalue weighted by atomic mass is 16.5. The van der Waals surface area contributed by atoms with Crippen molar-refractivity contribution in [3.8, 4) is 0 Å². The Labute approximate surface area is 89.7 Å². The molecule has 3 N–H and O–H groups in total. The van der Waals surface area contributed by atoms with Crippen LogP contribution in [0.4, 0.5) is 0 Å². The number of hydrogen-bond donors (Lipinski definition) is 2. The third-order valence-corrected chi connectivity index (χ3v) is 1.85. The van der Waals surface area contributed by atoms with E-state index in [1.807, 2.05) is 6.92 Å². The summed E-state index contributed by atoms with van der Waals surface area (Å²) in [7, 11) is 1.54. The Hall–Kier alpha value is -1.30. The Balaban J connectivity index is 4.18. The average molecular weight is 217 g/mol. The number of rotatable bonds is 7. The summed E-state index contributed by atoms with van der Waals surface area (Å²) in [5, 5.41) is 11.3. The van der Waals surface area contributed by atoms with Crippen molar-refractivity contribution >= 4 is 11.7 Å². The molecular weight excluding hydrogens is 198 g/mol. The first-order valence-corrected chi connectivity index (χ1v) is 4.88. The fourth-order valence-electron chi connectivity index (χ4n) is 1.14. The van der Waals surface area contributed by atoms with E-state index in [0.717, 1.165) is 6.42 Å². The maximum Gasteiger partial charge on any atom is 0.225 e. The molecule has 0 aliphatic carbocycles. The van der Waals surface area contributed by atoms with Gasteiger partial charge < -0.3 is 20.6 Å². The second-order valence-electron chi connectivity index (χ2n) is 3.15. The van der Waals surface area contributed by atoms with Crippen LogP contribution in [0.15, 0.2) is 5.16 Å². The zero-order valence-electron chi connectivity index (χ0n) is 9.27. The van der Waals surface area contributed by atoms with Crippen LogP contribution in [0.5, 0.6) is 0 Å². The predicted molar refractivity (Wildman–Crippen MR) is 56.8 cm³/mol. The molecule has 0 bridgehead atoms. The van der Waals surface area contributed by atoms with E-state index in [2.05, 4.69) is 5.16 Å². The van der Waals surface area contributed by atoms with E-state index in [0.29, 0.717) is 19.6 Å². The minimum atomic E-state index is -0.0506. The first kappa shape index (κ1) is 13.7. The first-order chi connectivity index (χ1) is 7.15. The monoisotopic (exact) mass is 217 g/mol. The molecule has 0 rings (SSSR count). The van der Waals surface area contributed by atoms with Gasteiger partial charge in [-0.2, -0.15) is 0 Å². The van der Waals surface area contributed by atoms with Gasteiger partial charge >= 0.3 is 0 Å². The summed E-state index contributed by atoms with van der Waals surface area (Å²) in [5.41, 5.74) is 5.35. The number of carbonyl (C=O) groups excluding carboxylic acids is 1. The summed E-state index contributed by atoms with van der Waals surface area (Å²) >= 11 is 0. The van der Waals surface area contributed by atoms with E-state index in [-0.39, 0.29) is 18.3 Å². The van der Waals surface area contributed by atoms with Crippen molar-refractivity contribution in [3.05, 3.63) is 0 Å². The number of amidine groups is 1. The first-order valence-electron chi connectivity index (χ1n) is 4.88. The van der Waals surface area contributed by atoms with E-state index in [1.165, 1.54) is 0 Å². The Kier molecular flexibility index (Phi) is 7.35. The normalized spacial score (nSPS) is 11.5. The molecule has 0 spiro atoms. The molecule has 0 heterocycles. The lowest BCUT2D eigenvalue weighted by atomic mass is 10.3. The van der Waals surface area contributed by atoms with Crippen LogP contribution in [0.25, 0.3) is 0 Å². The van der Waals surface area contributed by atoms with Gasteiger partial charge in [0, 0.05) is 13.7 Å². The van der Waals surface area contributed by atoms with Crippen molar-refractivity contribution in [3.63, 3.8) is 0 Å². The summed E-state index contributed by atoms with van der Waals surface area (Å²) in [6.45, 7) is 3.10. The van der Waals surface area contributed by atoms with Gasteiger partial charge in [0.25, 0.3) is 0 Å². The average Bonchev–Trinajstić information content (AvgIpc) is 2.24. The van der Waals surface area contributed by atoms with Gasteiger partial charge in [0.2, 0.25) is 5.91 Å². The summed E-state index contributed by atoms with van der Waals surface area (Å²) in [4.78, 5) is 13.1. The number of amides is 1. The van der Waals surface area contributed by atoms with Crippen LogP contribution in [0.1, 0.15) is 19.8 Å². The van der Waals surface area contributed by atoms with Crippen LogP contribution in [0.3, 0.4) is 0 Å². The molecule has 88 valence electrons. The summed E-state index contributed by atoms with van der Waals surface area (Å²) in [6.07, 6.45) is 1.15. The SMILES string of the molecule is CCCN(CC(N)=NO)C(=O)CCOC. The van der Waals surface area contributed by atoms with Crippen LogP contribution in [-0.2, 0) is 9.53 Å². The van der Waals surface area contributed by atoms with Crippen LogP contribution >= 0.6 is 0 Å². The zero-order chi connectivity index (χ0) is 11.7. The number of nitrogens with zero attached hydrogens (tertiary/aromatic N) is 2. The van der Waals surface area contributed by atoms with E-state index in [9.17, 15) is 4.79 Å². The predicted octanol–water partition coefficient (Wildman–Crippen LogP) is 0.00790. The van der Waals surface area contributed by atoms with E-state index < -0.39 is 0 Å². The largest absolute Gasteiger partial charge is 0.409 e. The van der Waals surface area contributed by atoms with Gasteiger partial charge in [0.05, 0.1) is 19.6 Å². The molecule has 0 aromatic carbocycles. The smallest absolute Gasteiger partial charge is 0.225 e. The van der Waals surface area contributed by atoms with E-state index >= 15 is 0 Å². The lowest BCUT2D eigenvalue weighted by molar-refractivity contribution is -0.131. The van der Waals surface area contributed by atoms with Crippen LogP contribution in [0.2, 0.25) is 0 Å². The Morgan fingerprint density at radius 1 is 1.60 bits per heavy atom. The fraction of sp³-hybridized carbons (Fsp3) is 0.778. The second kappa shape index (κ2) is 8.05. The van der Waals surface area contributed by atoms with Crippen molar-refractivity contribution in [2.45, 2.75) is 19.8 Å². The fourth-order valence-corrected chi connectivity index (χ4v) is 1.14. The van der Waals surface area contributed by atoms with Crippen molar-refractivity contribution in [1.29, 1.82) is 0 Å². The molecule has 0 saturated heterocycles. The molecule has 6 nitrogen and oxygen atoms in total. The van der Waals surface area contributed by atoms with Gasteiger partial charge in [-0.1, -0.05) is 12.1 Å². The standard InChI is InChI=1S/C9H19N3O3/c1-3-5-12(7-8(10)11-14)9(13)4-6-15-2/h14H,3-7H2,1-2H3,(H2,10,11). The maximum absolute atomic E-state index is 11.6. The minimum absolute atomic E-state index is 0.0363. The number of oxime groups is 1. The molecule has 6 heteroatoms. The summed E-state index contributed by atoms with van der Waals surface area (Å²) in [5.74, 6) is -0.0143. The van der Waals surface area contributed by atoms with Gasteiger partial charge in [0.15, 0.2) is 5.84 Å². The Morgan fingerprint density at radius 2 is 2.27 bits per heavy atom. The number of methoxy groups -OCH3 is 1. The number of nitrogens with two attached hydrogens (primary N) is 1. The number of hydrogen-bond acceptors (Lipinski definition) is 4. The van der Waals surface area contributed by atoms with Crippen LogP contribution in [-0.4, -0.2) is 48.7 Å². The molecule has 1 amide bonds. The van der Waals surface area contributed by atoms with Gasteiger partial charge in [-0.25, -0.2) is 0 Å². The molecular formula is C9H19N3O3. The van der Waals surface area contributed by atoms with Crippen molar-refractivity contribution in [2.75, 3.05) is 26.8 Å². The summed E-state index contributed by atoms with van der Waals surface area (Å²) < 4.78 is 4.81. The lowest BCUT2D eigenvalue weighted by Gasteiger charge is -2.21. The highest BCUT2D eigenvalue weighted by Crippen LogP contribution is 1.97. The topological polar surface area (TPSA) is 88.1 Å². The number of ether oxygens (including phenoxy) is 1. The third kappa shape index (κ3) is 5.90. The molecule has 0 fully saturated rings. The highest BCUT2D eigenvalue weighted by Gasteiger charge is 2.13. The highest BCUT2D eigenvalue weighted by molar-refractivity contribution is 5.86. The minimum Gasteiger partial charge on any atom is -0.409 e. The number of carbonyl (C=O) groups is 1. The van der Waals surface area contributed by atoms with E-state index in [4.69, 9.17) is 15.7 Å². The molecule has 0 aromatic heterocycles. The molecule has 0 aromatic rings. The molecule has 0 unspecified atom stereocenters. The molecule has 0 aliphatic heterocycles. The van der Waals surface area contributed by atoms with Gasteiger partial charge in [-0.15, -0.1) is 0 Å². The molecule has 0 radical (unpaired) electrons. The van der Waals surface area contributed by atoms with Gasteiger partial charge in [-0.3, -0.25) is 4.79 Å². The van der Waals surface area contributed by atoms with Gasteiger partial charge in [0.1, 0.15) is 0 Å². The third-order valence-electron chi connectivity index (χ3n) is 1.85. The van der Waals surface area contributed by atoms with Crippen molar-refractivity contribution in [2.24, 2.45) is 10.9 Å². The maximum atomic E-state index is 11.6. The van der Waals surface area contributed by atoms with Crippen molar-refractivity contribution in [1.82, 2.24) is 4.90 Å².